The number of amides is 2. The van der Waals surface area contributed by atoms with Crippen molar-refractivity contribution < 1.29 is 29.0 Å². The molecule has 2 N–H and O–H groups in total. The van der Waals surface area contributed by atoms with E-state index >= 15 is 0 Å². The summed E-state index contributed by atoms with van der Waals surface area (Å²) in [5.41, 5.74) is -1.00. The normalized spacial score (nSPS) is 16.9. The fourth-order valence-electron chi connectivity index (χ4n) is 2.08. The molecule has 0 aromatic rings. The van der Waals surface area contributed by atoms with Gasteiger partial charge < -0.3 is 24.8 Å². The van der Waals surface area contributed by atoms with Crippen LogP contribution in [0.25, 0.3) is 0 Å². The summed E-state index contributed by atoms with van der Waals surface area (Å²) >= 11 is 0. The Hall–Kier alpha value is -1.83. The molecule has 1 aliphatic heterocycles. The minimum Gasteiger partial charge on any atom is -0.481 e. The summed E-state index contributed by atoms with van der Waals surface area (Å²) in [5, 5.41) is 11.9. The van der Waals surface area contributed by atoms with Crippen molar-refractivity contribution in [2.45, 2.75) is 19.8 Å². The van der Waals surface area contributed by atoms with Crippen LogP contribution in [-0.4, -0.2) is 67.9 Å². The number of hydrogen-bond donors (Lipinski definition) is 2. The minimum atomic E-state index is -1.00. The number of carbonyl (C=O) groups excluding carboxylic acids is 2. The number of ether oxygens (including phenoxy) is 2. The molecular formula is C13H22N2O6. The summed E-state index contributed by atoms with van der Waals surface area (Å²) in [5.74, 6) is -1.45. The molecule has 0 aliphatic carbocycles. The van der Waals surface area contributed by atoms with Gasteiger partial charge in [0, 0.05) is 26.8 Å². The van der Waals surface area contributed by atoms with Crippen LogP contribution in [0.5, 0.6) is 0 Å². The average molecular weight is 302 g/mol. The molecule has 1 rings (SSSR count). The first-order valence-corrected chi connectivity index (χ1v) is 6.87. The molecule has 1 fully saturated rings. The molecule has 0 radical (unpaired) electrons. The highest BCUT2D eigenvalue weighted by Gasteiger charge is 2.40. The number of carboxylic acid groups (broad SMARTS) is 1. The van der Waals surface area contributed by atoms with Crippen LogP contribution in [0.1, 0.15) is 19.8 Å². The molecule has 0 unspecified atom stereocenters. The van der Waals surface area contributed by atoms with Crippen LogP contribution in [0.15, 0.2) is 0 Å². The molecule has 1 aliphatic rings. The summed E-state index contributed by atoms with van der Waals surface area (Å²) in [6, 6.07) is -0.504. The molecule has 8 nitrogen and oxygen atoms in total. The highest BCUT2D eigenvalue weighted by atomic mass is 16.5. The van der Waals surface area contributed by atoms with E-state index in [1.807, 2.05) is 0 Å². The molecule has 21 heavy (non-hydrogen) atoms. The number of carbonyl (C=O) groups is 3. The van der Waals surface area contributed by atoms with Crippen molar-refractivity contribution in [1.29, 1.82) is 0 Å². The van der Waals surface area contributed by atoms with E-state index in [0.717, 1.165) is 4.90 Å². The second kappa shape index (κ2) is 7.82. The Morgan fingerprint density at radius 3 is 2.48 bits per heavy atom. The van der Waals surface area contributed by atoms with Crippen LogP contribution >= 0.6 is 0 Å². The molecule has 1 heterocycles. The number of likely N-dealkylation sites (N-methyl/N-ethyl adjacent to an activating group) is 1. The van der Waals surface area contributed by atoms with Crippen molar-refractivity contribution in [3.8, 4) is 0 Å². The zero-order valence-electron chi connectivity index (χ0n) is 12.4. The minimum absolute atomic E-state index is 0.0116. The smallest absolute Gasteiger partial charge is 0.325 e. The van der Waals surface area contributed by atoms with Crippen LogP contribution in [0, 0.1) is 5.41 Å². The van der Waals surface area contributed by atoms with E-state index in [1.54, 1.807) is 6.92 Å². The summed E-state index contributed by atoms with van der Waals surface area (Å²) in [4.78, 5) is 35.7. The molecule has 0 spiro atoms. The van der Waals surface area contributed by atoms with E-state index in [9.17, 15) is 19.5 Å². The molecule has 8 heteroatoms. The van der Waals surface area contributed by atoms with Crippen molar-refractivity contribution in [2.75, 3.05) is 40.0 Å². The lowest BCUT2D eigenvalue weighted by atomic mass is 9.80. The van der Waals surface area contributed by atoms with Crippen LogP contribution in [0.3, 0.4) is 0 Å². The predicted molar refractivity (Wildman–Crippen MR) is 72.8 cm³/mol. The Bertz CT molecular complexity index is 392. The van der Waals surface area contributed by atoms with E-state index in [0.29, 0.717) is 26.1 Å². The summed E-state index contributed by atoms with van der Waals surface area (Å²) in [6.45, 7) is 2.48. The fourth-order valence-corrected chi connectivity index (χ4v) is 2.08. The summed E-state index contributed by atoms with van der Waals surface area (Å²) < 4.78 is 9.91. The SMILES string of the molecule is CCOC(=O)CN(C)C(=O)NCC1(C(=O)O)CCOCC1. The van der Waals surface area contributed by atoms with E-state index in [1.165, 1.54) is 7.05 Å². The predicted octanol–water partition coefficient (Wildman–Crippen LogP) is 0.0723. The maximum absolute atomic E-state index is 11.9. The quantitative estimate of drug-likeness (QED) is 0.673. The molecule has 0 saturated carbocycles. The second-order valence-electron chi connectivity index (χ2n) is 5.02. The molecule has 0 aromatic carbocycles. The van der Waals surface area contributed by atoms with Gasteiger partial charge in [0.2, 0.25) is 0 Å². The largest absolute Gasteiger partial charge is 0.481 e. The number of nitrogens with zero attached hydrogens (tertiary/aromatic N) is 1. The van der Waals surface area contributed by atoms with Crippen molar-refractivity contribution in [3.05, 3.63) is 0 Å². The first-order valence-electron chi connectivity index (χ1n) is 6.87. The zero-order valence-corrected chi connectivity index (χ0v) is 12.4. The Kier molecular flexibility index (Phi) is 6.41. The Labute approximate surface area is 123 Å². The van der Waals surface area contributed by atoms with Crippen LogP contribution < -0.4 is 5.32 Å². The van der Waals surface area contributed by atoms with Gasteiger partial charge in [-0.15, -0.1) is 0 Å². The lowest BCUT2D eigenvalue weighted by Crippen LogP contribution is -2.49. The molecular weight excluding hydrogens is 280 g/mol. The second-order valence-corrected chi connectivity index (χ2v) is 5.02. The first-order chi connectivity index (χ1) is 9.91. The van der Waals surface area contributed by atoms with E-state index < -0.39 is 23.4 Å². The molecule has 120 valence electrons. The van der Waals surface area contributed by atoms with Gasteiger partial charge in [-0.05, 0) is 19.8 Å². The molecule has 0 bridgehead atoms. The average Bonchev–Trinajstić information content (AvgIpc) is 2.45. The number of aliphatic carboxylic acids is 1. The van der Waals surface area contributed by atoms with Gasteiger partial charge in [0.25, 0.3) is 0 Å². The molecule has 0 atom stereocenters. The topological polar surface area (TPSA) is 105 Å². The van der Waals surface area contributed by atoms with Crippen molar-refractivity contribution in [3.63, 3.8) is 0 Å². The van der Waals surface area contributed by atoms with Crippen LogP contribution in [0.2, 0.25) is 0 Å². The van der Waals surface area contributed by atoms with Gasteiger partial charge >= 0.3 is 18.0 Å². The van der Waals surface area contributed by atoms with Gasteiger partial charge in [-0.2, -0.15) is 0 Å². The molecule has 1 saturated heterocycles. The van der Waals surface area contributed by atoms with Crippen LogP contribution in [-0.2, 0) is 19.1 Å². The Balaban J connectivity index is 2.49. The van der Waals surface area contributed by atoms with Gasteiger partial charge in [0.05, 0.1) is 12.0 Å². The van der Waals surface area contributed by atoms with Gasteiger partial charge in [-0.3, -0.25) is 9.59 Å². The third-order valence-corrected chi connectivity index (χ3v) is 3.50. The highest BCUT2D eigenvalue weighted by molar-refractivity contribution is 5.81. The van der Waals surface area contributed by atoms with Gasteiger partial charge in [0.15, 0.2) is 0 Å². The number of carboxylic acids is 1. The summed E-state index contributed by atoms with van der Waals surface area (Å²) in [7, 11) is 1.45. The number of hydrogen-bond acceptors (Lipinski definition) is 5. The van der Waals surface area contributed by atoms with Gasteiger partial charge in [-0.25, -0.2) is 4.79 Å². The van der Waals surface area contributed by atoms with Crippen LogP contribution in [0.4, 0.5) is 4.79 Å². The first kappa shape index (κ1) is 17.2. The fraction of sp³-hybridized carbons (Fsp3) is 0.769. The molecule has 0 aromatic heterocycles. The van der Waals surface area contributed by atoms with Gasteiger partial charge in [-0.1, -0.05) is 0 Å². The zero-order chi connectivity index (χ0) is 15.9. The number of nitrogens with one attached hydrogen (secondary N) is 1. The number of esters is 1. The third-order valence-electron chi connectivity index (χ3n) is 3.50. The summed E-state index contributed by atoms with van der Waals surface area (Å²) in [6.07, 6.45) is 0.703. The Morgan fingerprint density at radius 2 is 1.95 bits per heavy atom. The number of rotatable bonds is 6. The van der Waals surface area contributed by atoms with Gasteiger partial charge in [0.1, 0.15) is 6.54 Å². The third kappa shape index (κ3) is 4.89. The lowest BCUT2D eigenvalue weighted by Gasteiger charge is -2.33. The maximum Gasteiger partial charge on any atom is 0.325 e. The maximum atomic E-state index is 11.9. The van der Waals surface area contributed by atoms with E-state index in [-0.39, 0.29) is 19.7 Å². The van der Waals surface area contributed by atoms with E-state index in [4.69, 9.17) is 9.47 Å². The Morgan fingerprint density at radius 1 is 1.33 bits per heavy atom. The highest BCUT2D eigenvalue weighted by Crippen LogP contribution is 2.30. The van der Waals surface area contributed by atoms with Crippen molar-refractivity contribution >= 4 is 18.0 Å². The lowest BCUT2D eigenvalue weighted by molar-refractivity contribution is -0.154. The van der Waals surface area contributed by atoms with Crippen molar-refractivity contribution in [2.24, 2.45) is 5.41 Å². The molecule has 2 amide bonds. The number of urea groups is 1. The van der Waals surface area contributed by atoms with E-state index in [2.05, 4.69) is 5.32 Å². The standard InChI is InChI=1S/C13H22N2O6/c1-3-21-10(16)8-15(2)12(19)14-9-13(11(17)18)4-6-20-7-5-13/h3-9H2,1-2H3,(H,14,19)(H,17,18). The monoisotopic (exact) mass is 302 g/mol. The van der Waals surface area contributed by atoms with Crippen molar-refractivity contribution in [1.82, 2.24) is 10.2 Å².